The van der Waals surface area contributed by atoms with E-state index in [4.69, 9.17) is 4.74 Å². The summed E-state index contributed by atoms with van der Waals surface area (Å²) in [5, 5.41) is 3.45. The average Bonchev–Trinajstić information content (AvgIpc) is 2.36. The fourth-order valence-corrected chi connectivity index (χ4v) is 3.03. The summed E-state index contributed by atoms with van der Waals surface area (Å²) in [6, 6.07) is 4.07. The Morgan fingerprint density at radius 3 is 2.83 bits per heavy atom. The summed E-state index contributed by atoms with van der Waals surface area (Å²) in [7, 11) is 1.59. The van der Waals surface area contributed by atoms with Crippen LogP contribution in [0.1, 0.15) is 30.4 Å². The molecule has 1 fully saturated rings. The second-order valence-electron chi connectivity index (χ2n) is 4.82. The topological polar surface area (TPSA) is 21.3 Å². The van der Waals surface area contributed by atoms with Gasteiger partial charge in [0.15, 0.2) is 0 Å². The zero-order valence-corrected chi connectivity index (χ0v) is 12.2. The predicted octanol–water partition coefficient (Wildman–Crippen LogP) is 3.42. The fraction of sp³-hybridized carbons (Fsp3) is 0.571. The molecule has 2 nitrogen and oxygen atoms in total. The molecule has 1 aliphatic rings. The van der Waals surface area contributed by atoms with Gasteiger partial charge in [0.25, 0.3) is 0 Å². The monoisotopic (exact) mass is 315 g/mol. The van der Waals surface area contributed by atoms with Gasteiger partial charge in [-0.15, -0.1) is 0 Å². The van der Waals surface area contributed by atoms with Crippen molar-refractivity contribution in [3.8, 4) is 0 Å². The van der Waals surface area contributed by atoms with E-state index in [-0.39, 0.29) is 5.82 Å². The van der Waals surface area contributed by atoms with Crippen LogP contribution in [0.25, 0.3) is 0 Å². The molecule has 1 aromatic rings. The highest BCUT2D eigenvalue weighted by Crippen LogP contribution is 2.23. The van der Waals surface area contributed by atoms with E-state index in [2.05, 4.69) is 21.2 Å². The summed E-state index contributed by atoms with van der Waals surface area (Å²) in [5.74, 6) is -0.118. The van der Waals surface area contributed by atoms with Crippen LogP contribution >= 0.6 is 15.9 Å². The van der Waals surface area contributed by atoms with Crippen LogP contribution in [-0.4, -0.2) is 19.7 Å². The van der Waals surface area contributed by atoms with Gasteiger partial charge in [0.2, 0.25) is 0 Å². The minimum Gasteiger partial charge on any atom is -0.380 e. The first-order valence-corrected chi connectivity index (χ1v) is 7.19. The molecular weight excluding hydrogens is 297 g/mol. The van der Waals surface area contributed by atoms with Gasteiger partial charge in [0.05, 0.1) is 6.61 Å². The second-order valence-corrected chi connectivity index (χ2v) is 5.74. The molecule has 1 saturated heterocycles. The molecule has 100 valence electrons. The highest BCUT2D eigenvalue weighted by molar-refractivity contribution is 9.10. The number of methoxy groups -OCH3 is 1. The maximum absolute atomic E-state index is 14.3. The Hall–Kier alpha value is -0.450. The van der Waals surface area contributed by atoms with Gasteiger partial charge in [-0.1, -0.05) is 22.4 Å². The van der Waals surface area contributed by atoms with E-state index in [1.54, 1.807) is 13.2 Å². The van der Waals surface area contributed by atoms with Crippen molar-refractivity contribution in [3.63, 3.8) is 0 Å². The third kappa shape index (κ3) is 3.53. The Morgan fingerprint density at radius 2 is 2.17 bits per heavy atom. The predicted molar refractivity (Wildman–Crippen MR) is 74.2 cm³/mol. The first-order valence-electron chi connectivity index (χ1n) is 6.40. The van der Waals surface area contributed by atoms with Gasteiger partial charge >= 0.3 is 0 Å². The number of halogens is 2. The van der Waals surface area contributed by atoms with Crippen molar-refractivity contribution in [1.82, 2.24) is 5.32 Å². The van der Waals surface area contributed by atoms with Crippen molar-refractivity contribution < 1.29 is 9.13 Å². The van der Waals surface area contributed by atoms with Gasteiger partial charge < -0.3 is 10.1 Å². The van der Waals surface area contributed by atoms with Crippen molar-refractivity contribution in [3.05, 3.63) is 33.5 Å². The summed E-state index contributed by atoms with van der Waals surface area (Å²) in [4.78, 5) is 0. The maximum atomic E-state index is 14.3. The number of hydrogen-bond acceptors (Lipinski definition) is 2. The average molecular weight is 316 g/mol. The molecule has 1 aliphatic heterocycles. The van der Waals surface area contributed by atoms with Gasteiger partial charge in [-0.2, -0.15) is 0 Å². The second kappa shape index (κ2) is 6.64. The molecule has 0 aromatic heterocycles. The van der Waals surface area contributed by atoms with Crippen LogP contribution in [0.15, 0.2) is 16.6 Å². The molecule has 1 N–H and O–H groups in total. The summed E-state index contributed by atoms with van der Waals surface area (Å²) in [6.07, 6.45) is 4.35. The molecule has 0 aliphatic carbocycles. The third-order valence-corrected chi connectivity index (χ3v) is 3.82. The number of ether oxygens (including phenoxy) is 1. The molecule has 0 saturated carbocycles. The lowest BCUT2D eigenvalue weighted by Crippen LogP contribution is -2.35. The lowest BCUT2D eigenvalue weighted by atomic mass is 9.96. The number of nitrogens with one attached hydrogen (secondary N) is 1. The van der Waals surface area contributed by atoms with E-state index in [1.807, 2.05) is 6.07 Å². The minimum absolute atomic E-state index is 0.118. The molecule has 1 atom stereocenters. The lowest BCUT2D eigenvalue weighted by molar-refractivity contribution is 0.181. The first-order chi connectivity index (χ1) is 8.70. The first kappa shape index (κ1) is 14.0. The molecular formula is C14H19BrFNO. The lowest BCUT2D eigenvalue weighted by Gasteiger charge is -2.24. The quantitative estimate of drug-likeness (QED) is 0.919. The van der Waals surface area contributed by atoms with Crippen molar-refractivity contribution in [2.45, 2.75) is 38.3 Å². The van der Waals surface area contributed by atoms with Gasteiger partial charge in [0, 0.05) is 23.2 Å². The normalized spacial score (nSPS) is 20.1. The highest BCUT2D eigenvalue weighted by atomic mass is 79.9. The van der Waals surface area contributed by atoms with E-state index >= 15 is 0 Å². The number of hydrogen-bond donors (Lipinski definition) is 1. The molecule has 0 spiro atoms. The zero-order chi connectivity index (χ0) is 13.0. The van der Waals surface area contributed by atoms with Gasteiger partial charge in [-0.05, 0) is 43.5 Å². The van der Waals surface area contributed by atoms with Gasteiger partial charge in [0.1, 0.15) is 5.82 Å². The van der Waals surface area contributed by atoms with Crippen LogP contribution in [0.5, 0.6) is 0 Å². The molecule has 0 radical (unpaired) electrons. The van der Waals surface area contributed by atoms with E-state index in [0.717, 1.165) is 29.4 Å². The molecule has 0 amide bonds. The van der Waals surface area contributed by atoms with E-state index in [0.29, 0.717) is 18.2 Å². The molecule has 18 heavy (non-hydrogen) atoms. The SMILES string of the molecule is COCc1cc(Br)cc(CC2CCCCN2)c1F. The number of benzene rings is 1. The van der Waals surface area contributed by atoms with Gasteiger partial charge in [-0.3, -0.25) is 0 Å². The summed E-state index contributed by atoms with van der Waals surface area (Å²) in [6.45, 7) is 1.36. The van der Waals surface area contributed by atoms with Crippen LogP contribution in [0.4, 0.5) is 4.39 Å². The Morgan fingerprint density at radius 1 is 1.39 bits per heavy atom. The molecule has 2 rings (SSSR count). The number of piperidine rings is 1. The highest BCUT2D eigenvalue weighted by Gasteiger charge is 2.17. The maximum Gasteiger partial charge on any atom is 0.132 e. The van der Waals surface area contributed by atoms with E-state index in [9.17, 15) is 4.39 Å². The molecule has 4 heteroatoms. The van der Waals surface area contributed by atoms with Gasteiger partial charge in [-0.25, -0.2) is 4.39 Å². The summed E-state index contributed by atoms with van der Waals surface area (Å²) >= 11 is 3.44. The smallest absolute Gasteiger partial charge is 0.132 e. The Bertz CT molecular complexity index is 405. The molecule has 1 heterocycles. The Balaban J connectivity index is 2.15. The Labute approximate surface area is 116 Å². The summed E-state index contributed by atoms with van der Waals surface area (Å²) in [5.41, 5.74) is 1.40. The van der Waals surface area contributed by atoms with Crippen LogP contribution in [-0.2, 0) is 17.8 Å². The van der Waals surface area contributed by atoms with E-state index in [1.165, 1.54) is 12.8 Å². The van der Waals surface area contributed by atoms with Crippen LogP contribution in [0.2, 0.25) is 0 Å². The van der Waals surface area contributed by atoms with Crippen molar-refractivity contribution >= 4 is 15.9 Å². The van der Waals surface area contributed by atoms with Crippen LogP contribution in [0.3, 0.4) is 0 Å². The molecule has 1 aromatic carbocycles. The van der Waals surface area contributed by atoms with Crippen molar-refractivity contribution in [2.24, 2.45) is 0 Å². The number of rotatable bonds is 4. The van der Waals surface area contributed by atoms with E-state index < -0.39 is 0 Å². The largest absolute Gasteiger partial charge is 0.380 e. The Kier molecular flexibility index (Phi) is 5.15. The standard InChI is InChI=1S/C14H19BrFNO/c1-18-9-11-7-12(15)6-10(14(11)16)8-13-4-2-3-5-17-13/h6-7,13,17H,2-5,8-9H2,1H3. The van der Waals surface area contributed by atoms with Crippen LogP contribution in [0, 0.1) is 5.82 Å². The third-order valence-electron chi connectivity index (χ3n) is 3.37. The van der Waals surface area contributed by atoms with Crippen molar-refractivity contribution in [2.75, 3.05) is 13.7 Å². The van der Waals surface area contributed by atoms with Crippen LogP contribution < -0.4 is 5.32 Å². The zero-order valence-electron chi connectivity index (χ0n) is 10.6. The minimum atomic E-state index is -0.118. The molecule has 0 bridgehead atoms. The molecule has 1 unspecified atom stereocenters. The van der Waals surface area contributed by atoms with Crippen molar-refractivity contribution in [1.29, 1.82) is 0 Å². The summed E-state index contributed by atoms with van der Waals surface area (Å²) < 4.78 is 20.2. The fourth-order valence-electron chi connectivity index (χ4n) is 2.48.